The van der Waals surface area contributed by atoms with Crippen LogP contribution in [0.25, 0.3) is 0 Å². The van der Waals surface area contributed by atoms with E-state index in [0.717, 1.165) is 45.5 Å². The molecule has 5 heteroatoms. The molecule has 1 fully saturated rings. The van der Waals surface area contributed by atoms with Crippen LogP contribution in [0, 0.1) is 5.41 Å². The van der Waals surface area contributed by atoms with Crippen LogP contribution in [-0.2, 0) is 4.74 Å². The molecule has 0 atom stereocenters. The number of ether oxygens (including phenoxy) is 1. The van der Waals surface area contributed by atoms with E-state index in [4.69, 9.17) is 15.7 Å². The molecule has 0 saturated carbocycles. The van der Waals surface area contributed by atoms with E-state index in [9.17, 15) is 0 Å². The van der Waals surface area contributed by atoms with Gasteiger partial charge in [-0.3, -0.25) is 0 Å². The van der Waals surface area contributed by atoms with E-state index in [0.29, 0.717) is 11.9 Å². The molecule has 106 valence electrons. The predicted octanol–water partition coefficient (Wildman–Crippen LogP) is 1.65. The molecule has 18 heavy (non-hydrogen) atoms. The summed E-state index contributed by atoms with van der Waals surface area (Å²) in [6, 6.07) is 0. The largest absolute Gasteiger partial charge is 0.409 e. The Bertz CT molecular complexity index is 271. The van der Waals surface area contributed by atoms with Gasteiger partial charge in [-0.25, -0.2) is 0 Å². The second-order valence-corrected chi connectivity index (χ2v) is 5.62. The highest BCUT2D eigenvalue weighted by molar-refractivity contribution is 5.85. The second kappa shape index (κ2) is 6.95. The summed E-state index contributed by atoms with van der Waals surface area (Å²) < 4.78 is 5.63. The van der Waals surface area contributed by atoms with Gasteiger partial charge < -0.3 is 20.6 Å². The Kier molecular flexibility index (Phi) is 5.88. The van der Waals surface area contributed by atoms with Gasteiger partial charge in [0.05, 0.1) is 6.10 Å². The van der Waals surface area contributed by atoms with Crippen molar-refractivity contribution in [1.82, 2.24) is 4.90 Å². The van der Waals surface area contributed by atoms with Gasteiger partial charge in [-0.1, -0.05) is 19.0 Å². The number of hydrogen-bond acceptors (Lipinski definition) is 4. The first-order valence-corrected chi connectivity index (χ1v) is 6.81. The van der Waals surface area contributed by atoms with Gasteiger partial charge in [0.25, 0.3) is 0 Å². The molecule has 1 heterocycles. The Labute approximate surface area is 110 Å². The molecule has 0 aromatic heterocycles. The minimum atomic E-state index is -0.245. The number of amidine groups is 1. The van der Waals surface area contributed by atoms with E-state index in [1.54, 1.807) is 0 Å². The molecule has 3 N–H and O–H groups in total. The molecule has 0 spiro atoms. The van der Waals surface area contributed by atoms with E-state index in [2.05, 4.69) is 10.1 Å². The van der Waals surface area contributed by atoms with Crippen molar-refractivity contribution in [3.05, 3.63) is 0 Å². The first-order valence-electron chi connectivity index (χ1n) is 6.81. The number of likely N-dealkylation sites (tertiary alicyclic amines) is 1. The minimum Gasteiger partial charge on any atom is -0.409 e. The van der Waals surface area contributed by atoms with E-state index in [1.807, 2.05) is 20.8 Å². The molecule has 1 aliphatic rings. The lowest BCUT2D eigenvalue weighted by Gasteiger charge is -2.34. The van der Waals surface area contributed by atoms with Crippen molar-refractivity contribution in [2.45, 2.75) is 46.1 Å². The molecule has 0 aromatic carbocycles. The lowest BCUT2D eigenvalue weighted by Crippen LogP contribution is -2.41. The lowest BCUT2D eigenvalue weighted by atomic mass is 9.87. The van der Waals surface area contributed by atoms with Crippen LogP contribution in [0.15, 0.2) is 5.16 Å². The number of nitrogens with zero attached hydrogens (tertiary/aromatic N) is 2. The fraction of sp³-hybridized carbons (Fsp3) is 0.923. The molecule has 1 saturated heterocycles. The van der Waals surface area contributed by atoms with E-state index in [-0.39, 0.29) is 5.41 Å². The van der Waals surface area contributed by atoms with Crippen LogP contribution in [0.3, 0.4) is 0 Å². The molecule has 5 nitrogen and oxygen atoms in total. The number of hydrogen-bond donors (Lipinski definition) is 2. The first kappa shape index (κ1) is 15.2. The Hall–Kier alpha value is -0.810. The lowest BCUT2D eigenvalue weighted by molar-refractivity contribution is 0.0130. The third-order valence-electron chi connectivity index (χ3n) is 3.79. The summed E-state index contributed by atoms with van der Waals surface area (Å²) in [6.45, 7) is 10.0. The molecule has 0 aromatic rings. The topological polar surface area (TPSA) is 71.1 Å². The van der Waals surface area contributed by atoms with Crippen molar-refractivity contribution in [3.8, 4) is 0 Å². The van der Waals surface area contributed by atoms with E-state index in [1.165, 1.54) is 0 Å². The maximum absolute atomic E-state index is 8.73. The van der Waals surface area contributed by atoms with Crippen LogP contribution < -0.4 is 5.73 Å². The Morgan fingerprint density at radius 3 is 2.56 bits per heavy atom. The second-order valence-electron chi connectivity index (χ2n) is 5.62. The zero-order valence-electron chi connectivity index (χ0n) is 11.9. The zero-order valence-corrected chi connectivity index (χ0v) is 11.9. The average molecular weight is 257 g/mol. The van der Waals surface area contributed by atoms with Crippen molar-refractivity contribution in [2.24, 2.45) is 16.3 Å². The summed E-state index contributed by atoms with van der Waals surface area (Å²) in [5.74, 6) is 0.312. The highest BCUT2D eigenvalue weighted by atomic mass is 16.5. The molecule has 1 aliphatic heterocycles. The molecule has 0 unspecified atom stereocenters. The third-order valence-corrected chi connectivity index (χ3v) is 3.79. The normalized spacial score (nSPS) is 20.3. The highest BCUT2D eigenvalue weighted by Crippen LogP contribution is 2.22. The molecular formula is C13H27N3O2. The average Bonchev–Trinajstić information content (AvgIpc) is 2.37. The van der Waals surface area contributed by atoms with Gasteiger partial charge in [0.1, 0.15) is 5.84 Å². The first-order chi connectivity index (χ1) is 8.49. The van der Waals surface area contributed by atoms with Gasteiger partial charge in [0.2, 0.25) is 0 Å². The quantitative estimate of drug-likeness (QED) is 0.328. The number of oxime groups is 1. The standard InChI is InChI=1S/C13H27N3O2/c1-4-18-11-5-8-16(9-6-11)10-7-13(2,3)12(14)15-17/h11,17H,4-10H2,1-3H3,(H2,14,15). The minimum absolute atomic E-state index is 0.245. The van der Waals surface area contributed by atoms with Crippen molar-refractivity contribution in [2.75, 3.05) is 26.2 Å². The van der Waals surface area contributed by atoms with Crippen LogP contribution in [0.1, 0.15) is 40.0 Å². The summed E-state index contributed by atoms with van der Waals surface area (Å²) in [5, 5.41) is 11.9. The third kappa shape index (κ3) is 4.46. The molecular weight excluding hydrogens is 230 g/mol. The summed E-state index contributed by atoms with van der Waals surface area (Å²) in [4.78, 5) is 2.43. The van der Waals surface area contributed by atoms with Crippen LogP contribution >= 0.6 is 0 Å². The fourth-order valence-electron chi connectivity index (χ4n) is 2.24. The molecule has 0 aliphatic carbocycles. The summed E-state index contributed by atoms with van der Waals surface area (Å²) in [6.07, 6.45) is 3.56. The highest BCUT2D eigenvalue weighted by Gasteiger charge is 2.26. The van der Waals surface area contributed by atoms with Crippen LogP contribution in [0.4, 0.5) is 0 Å². The molecule has 0 bridgehead atoms. The van der Waals surface area contributed by atoms with E-state index >= 15 is 0 Å². The monoisotopic (exact) mass is 257 g/mol. The fourth-order valence-corrected chi connectivity index (χ4v) is 2.24. The van der Waals surface area contributed by atoms with E-state index < -0.39 is 0 Å². The Morgan fingerprint density at radius 1 is 1.44 bits per heavy atom. The maximum Gasteiger partial charge on any atom is 0.144 e. The smallest absolute Gasteiger partial charge is 0.144 e. The van der Waals surface area contributed by atoms with Crippen molar-refractivity contribution >= 4 is 5.84 Å². The Balaban J connectivity index is 2.29. The van der Waals surface area contributed by atoms with Crippen molar-refractivity contribution in [3.63, 3.8) is 0 Å². The maximum atomic E-state index is 8.73. The van der Waals surface area contributed by atoms with Gasteiger partial charge in [0.15, 0.2) is 0 Å². The van der Waals surface area contributed by atoms with Gasteiger partial charge in [-0.15, -0.1) is 0 Å². The van der Waals surface area contributed by atoms with Crippen LogP contribution in [0.5, 0.6) is 0 Å². The number of rotatable bonds is 6. The molecule has 0 radical (unpaired) electrons. The van der Waals surface area contributed by atoms with Gasteiger partial charge in [-0.05, 0) is 32.7 Å². The van der Waals surface area contributed by atoms with Crippen LogP contribution in [0.2, 0.25) is 0 Å². The summed E-state index contributed by atoms with van der Waals surface area (Å²) in [7, 11) is 0. The predicted molar refractivity (Wildman–Crippen MR) is 72.9 cm³/mol. The van der Waals surface area contributed by atoms with Gasteiger partial charge >= 0.3 is 0 Å². The number of piperidine rings is 1. The molecule has 1 rings (SSSR count). The van der Waals surface area contributed by atoms with Crippen LogP contribution in [-0.4, -0.2) is 48.3 Å². The molecule has 0 amide bonds. The Morgan fingerprint density at radius 2 is 2.06 bits per heavy atom. The van der Waals surface area contributed by atoms with Crippen molar-refractivity contribution < 1.29 is 9.94 Å². The summed E-state index contributed by atoms with van der Waals surface area (Å²) >= 11 is 0. The van der Waals surface area contributed by atoms with Gasteiger partial charge in [0, 0.05) is 25.1 Å². The SMILES string of the molecule is CCOC1CCN(CCC(C)(C)C(N)=NO)CC1. The summed E-state index contributed by atoms with van der Waals surface area (Å²) in [5.41, 5.74) is 5.44. The van der Waals surface area contributed by atoms with Crippen molar-refractivity contribution in [1.29, 1.82) is 0 Å². The van der Waals surface area contributed by atoms with Gasteiger partial charge in [-0.2, -0.15) is 0 Å². The zero-order chi connectivity index (χ0) is 13.6. The number of nitrogens with two attached hydrogens (primary N) is 1.